The summed E-state index contributed by atoms with van der Waals surface area (Å²) in [5.74, 6) is 2.25. The van der Waals surface area contributed by atoms with Gasteiger partial charge in [0.05, 0.1) is 59.1 Å². The van der Waals surface area contributed by atoms with E-state index in [1.807, 2.05) is 11.0 Å². The van der Waals surface area contributed by atoms with E-state index in [4.69, 9.17) is 14.2 Å². The van der Waals surface area contributed by atoms with Crippen molar-refractivity contribution in [1.29, 1.82) is 0 Å². The molecule has 0 unspecified atom stereocenters. The molecule has 0 spiro atoms. The molecule has 2 saturated heterocycles. The van der Waals surface area contributed by atoms with Gasteiger partial charge in [-0.3, -0.25) is 0 Å². The molecule has 0 atom stereocenters. The molecule has 5 nitrogen and oxygen atoms in total. The van der Waals surface area contributed by atoms with Gasteiger partial charge in [0, 0.05) is 12.8 Å². The summed E-state index contributed by atoms with van der Waals surface area (Å²) in [6, 6.07) is 4.99. The number of piperidine rings is 1. The standard InChI is InChI=1S/C21H34N2O3/c1-24-19-9-8-17(20(25-2)21(19)26-3)16-22-14-10-18(11-15-22)23-12-6-4-5-7-13-23/h8-9,18H,4-7,10-16H2,1-3H3/p+2. The summed E-state index contributed by atoms with van der Waals surface area (Å²) in [7, 11) is 5.05. The van der Waals surface area contributed by atoms with Crippen molar-refractivity contribution < 1.29 is 24.0 Å². The van der Waals surface area contributed by atoms with Gasteiger partial charge in [0.25, 0.3) is 0 Å². The summed E-state index contributed by atoms with van der Waals surface area (Å²) in [6.07, 6.45) is 8.41. The van der Waals surface area contributed by atoms with Crippen molar-refractivity contribution in [2.75, 3.05) is 47.5 Å². The average molecular weight is 365 g/mol. The largest absolute Gasteiger partial charge is 0.493 e. The highest BCUT2D eigenvalue weighted by atomic mass is 16.5. The second-order valence-corrected chi connectivity index (χ2v) is 7.77. The predicted molar refractivity (Wildman–Crippen MR) is 103 cm³/mol. The molecule has 1 aromatic carbocycles. The van der Waals surface area contributed by atoms with Crippen LogP contribution in [0.5, 0.6) is 17.2 Å². The lowest BCUT2D eigenvalue weighted by molar-refractivity contribution is -0.963. The van der Waals surface area contributed by atoms with Gasteiger partial charge in [-0.15, -0.1) is 0 Å². The summed E-state index contributed by atoms with van der Waals surface area (Å²) in [5.41, 5.74) is 1.21. The Kier molecular flexibility index (Phi) is 7.03. The summed E-state index contributed by atoms with van der Waals surface area (Å²) in [6.45, 7) is 6.29. The zero-order valence-corrected chi connectivity index (χ0v) is 16.7. The van der Waals surface area contributed by atoms with Crippen LogP contribution in [0.4, 0.5) is 0 Å². The molecule has 0 amide bonds. The monoisotopic (exact) mass is 364 g/mol. The lowest BCUT2D eigenvalue weighted by atomic mass is 10.0. The maximum absolute atomic E-state index is 5.66. The highest BCUT2D eigenvalue weighted by Crippen LogP contribution is 2.39. The fourth-order valence-corrected chi connectivity index (χ4v) is 4.77. The number of rotatable bonds is 6. The lowest BCUT2D eigenvalue weighted by Crippen LogP contribution is -3.20. The zero-order chi connectivity index (χ0) is 18.4. The number of hydrogen-bond donors (Lipinski definition) is 2. The summed E-state index contributed by atoms with van der Waals surface area (Å²) >= 11 is 0. The van der Waals surface area contributed by atoms with Crippen LogP contribution in [0.2, 0.25) is 0 Å². The molecule has 0 saturated carbocycles. The molecule has 146 valence electrons. The SMILES string of the molecule is COc1ccc(C[NH+]2CCC([NH+]3CCCCCC3)CC2)c(OC)c1OC. The fraction of sp³-hybridized carbons (Fsp3) is 0.714. The maximum atomic E-state index is 5.66. The van der Waals surface area contributed by atoms with Gasteiger partial charge in [-0.05, 0) is 37.8 Å². The lowest BCUT2D eigenvalue weighted by Gasteiger charge is -2.34. The third kappa shape index (κ3) is 4.44. The Morgan fingerprint density at radius 3 is 2.04 bits per heavy atom. The van der Waals surface area contributed by atoms with Crippen LogP contribution >= 0.6 is 0 Å². The first kappa shape index (κ1) is 19.3. The minimum Gasteiger partial charge on any atom is -0.493 e. The maximum Gasteiger partial charge on any atom is 0.203 e. The van der Waals surface area contributed by atoms with E-state index >= 15 is 0 Å². The predicted octanol–water partition coefficient (Wildman–Crippen LogP) is 0.719. The first-order chi connectivity index (χ1) is 12.8. The van der Waals surface area contributed by atoms with Gasteiger partial charge in [0.1, 0.15) is 6.54 Å². The Bertz CT molecular complexity index is 563. The van der Waals surface area contributed by atoms with Crippen molar-refractivity contribution >= 4 is 0 Å². The first-order valence-corrected chi connectivity index (χ1v) is 10.2. The first-order valence-electron chi connectivity index (χ1n) is 10.2. The number of nitrogens with one attached hydrogen (secondary N) is 2. The number of hydrogen-bond acceptors (Lipinski definition) is 3. The molecule has 2 N–H and O–H groups in total. The normalized spacial score (nSPS) is 24.7. The van der Waals surface area contributed by atoms with Crippen molar-refractivity contribution in [3.63, 3.8) is 0 Å². The van der Waals surface area contributed by atoms with Gasteiger partial charge in [-0.2, -0.15) is 0 Å². The van der Waals surface area contributed by atoms with E-state index in [-0.39, 0.29) is 0 Å². The minimum atomic E-state index is 0.704. The Morgan fingerprint density at radius 1 is 0.808 bits per heavy atom. The third-order valence-electron chi connectivity index (χ3n) is 6.24. The smallest absolute Gasteiger partial charge is 0.203 e. The van der Waals surface area contributed by atoms with Crippen LogP contribution in [0.3, 0.4) is 0 Å². The molecule has 0 bridgehead atoms. The molecule has 2 aliphatic rings. The topological polar surface area (TPSA) is 36.6 Å². The van der Waals surface area contributed by atoms with Gasteiger partial charge < -0.3 is 24.0 Å². The van der Waals surface area contributed by atoms with E-state index in [1.54, 1.807) is 26.2 Å². The molecule has 2 fully saturated rings. The van der Waals surface area contributed by atoms with Crippen LogP contribution in [-0.4, -0.2) is 53.6 Å². The van der Waals surface area contributed by atoms with Crippen molar-refractivity contribution in [2.24, 2.45) is 0 Å². The highest BCUT2D eigenvalue weighted by molar-refractivity contribution is 5.55. The Labute approximate surface area is 158 Å². The van der Waals surface area contributed by atoms with Crippen molar-refractivity contribution in [2.45, 2.75) is 51.1 Å². The van der Waals surface area contributed by atoms with Gasteiger partial charge >= 0.3 is 0 Å². The molecule has 2 aliphatic heterocycles. The molecule has 26 heavy (non-hydrogen) atoms. The molecular formula is C21H36N2O3+2. The van der Waals surface area contributed by atoms with E-state index in [1.165, 1.54) is 70.3 Å². The van der Waals surface area contributed by atoms with Crippen LogP contribution in [-0.2, 0) is 6.54 Å². The number of benzene rings is 1. The molecule has 0 aliphatic carbocycles. The van der Waals surface area contributed by atoms with E-state index in [2.05, 4.69) is 6.07 Å². The molecular weight excluding hydrogens is 328 g/mol. The van der Waals surface area contributed by atoms with E-state index in [0.29, 0.717) is 5.75 Å². The van der Waals surface area contributed by atoms with Crippen LogP contribution in [0.15, 0.2) is 12.1 Å². The van der Waals surface area contributed by atoms with Crippen LogP contribution in [0, 0.1) is 0 Å². The summed E-state index contributed by atoms with van der Waals surface area (Å²) in [5, 5.41) is 0. The summed E-state index contributed by atoms with van der Waals surface area (Å²) < 4.78 is 16.6. The fourth-order valence-electron chi connectivity index (χ4n) is 4.77. The number of ether oxygens (including phenoxy) is 3. The highest BCUT2D eigenvalue weighted by Gasteiger charge is 2.31. The number of likely N-dealkylation sites (tertiary alicyclic amines) is 2. The second kappa shape index (κ2) is 9.47. The second-order valence-electron chi connectivity index (χ2n) is 7.77. The van der Waals surface area contributed by atoms with Crippen LogP contribution < -0.4 is 24.0 Å². The van der Waals surface area contributed by atoms with Crippen LogP contribution in [0.25, 0.3) is 0 Å². The molecule has 3 rings (SSSR count). The Morgan fingerprint density at radius 2 is 1.46 bits per heavy atom. The molecule has 0 aromatic heterocycles. The molecule has 5 heteroatoms. The Balaban J connectivity index is 1.60. The number of methoxy groups -OCH3 is 3. The molecule has 2 heterocycles. The third-order valence-corrected chi connectivity index (χ3v) is 6.24. The Hall–Kier alpha value is -1.46. The molecule has 1 aromatic rings. The molecule has 0 radical (unpaired) electrons. The van der Waals surface area contributed by atoms with Crippen molar-refractivity contribution in [1.82, 2.24) is 0 Å². The van der Waals surface area contributed by atoms with Gasteiger partial charge in [0.15, 0.2) is 11.5 Å². The average Bonchev–Trinajstić information content (AvgIpc) is 2.97. The van der Waals surface area contributed by atoms with E-state index in [9.17, 15) is 0 Å². The van der Waals surface area contributed by atoms with Gasteiger partial charge in [-0.1, -0.05) is 0 Å². The van der Waals surface area contributed by atoms with Gasteiger partial charge in [-0.25, -0.2) is 0 Å². The summed E-state index contributed by atoms with van der Waals surface area (Å²) in [4.78, 5) is 3.53. The van der Waals surface area contributed by atoms with Crippen LogP contribution in [0.1, 0.15) is 44.1 Å². The minimum absolute atomic E-state index is 0.704. The van der Waals surface area contributed by atoms with E-state index < -0.39 is 0 Å². The zero-order valence-electron chi connectivity index (χ0n) is 16.7. The van der Waals surface area contributed by atoms with Gasteiger partial charge in [0.2, 0.25) is 5.75 Å². The van der Waals surface area contributed by atoms with Crippen molar-refractivity contribution in [3.8, 4) is 17.2 Å². The quantitative estimate of drug-likeness (QED) is 0.781. The number of quaternary nitrogens is 2. The van der Waals surface area contributed by atoms with Crippen molar-refractivity contribution in [3.05, 3.63) is 17.7 Å². The van der Waals surface area contributed by atoms with E-state index in [0.717, 1.165) is 24.1 Å².